The van der Waals surface area contributed by atoms with E-state index in [2.05, 4.69) is 6.92 Å². The summed E-state index contributed by atoms with van der Waals surface area (Å²) in [7, 11) is 0. The van der Waals surface area contributed by atoms with E-state index in [1.165, 1.54) is 11.1 Å². The Balaban J connectivity index is 1.77. The van der Waals surface area contributed by atoms with Crippen LogP contribution in [0.3, 0.4) is 0 Å². The van der Waals surface area contributed by atoms with Crippen molar-refractivity contribution in [2.24, 2.45) is 0 Å². The van der Waals surface area contributed by atoms with Crippen LogP contribution in [0.15, 0.2) is 18.2 Å². The highest BCUT2D eigenvalue weighted by Gasteiger charge is 2.23. The number of nitrogens with zero attached hydrogens (tertiary/aromatic N) is 1. The van der Waals surface area contributed by atoms with E-state index in [1.54, 1.807) is 4.90 Å². The predicted molar refractivity (Wildman–Crippen MR) is 73.2 cm³/mol. The smallest absolute Gasteiger partial charge is 0.226 e. The molecule has 1 N–H and O–H groups in total. The van der Waals surface area contributed by atoms with Crippen LogP contribution in [0.2, 0.25) is 0 Å². The molecule has 104 valence electrons. The maximum atomic E-state index is 11.8. The van der Waals surface area contributed by atoms with Crippen molar-refractivity contribution in [1.82, 2.24) is 4.90 Å². The number of hydrogen-bond donors (Lipinski definition) is 1. The van der Waals surface area contributed by atoms with Crippen LogP contribution in [0.1, 0.15) is 24.0 Å². The van der Waals surface area contributed by atoms with Crippen molar-refractivity contribution in [3.05, 3.63) is 29.3 Å². The van der Waals surface area contributed by atoms with E-state index in [-0.39, 0.29) is 12.0 Å². The molecule has 2 rings (SSSR count). The predicted octanol–water partition coefficient (Wildman–Crippen LogP) is 1.67. The average Bonchev–Trinajstić information content (AvgIpc) is 2.80. The molecule has 0 bridgehead atoms. The zero-order valence-electron chi connectivity index (χ0n) is 11.6. The minimum atomic E-state index is -0.357. The topological polar surface area (TPSA) is 49.8 Å². The molecular formula is C15H21NO3. The fraction of sp³-hybridized carbons (Fsp3) is 0.533. The number of benzene rings is 1. The van der Waals surface area contributed by atoms with Crippen molar-refractivity contribution in [1.29, 1.82) is 0 Å². The Kier molecular flexibility index (Phi) is 4.43. The van der Waals surface area contributed by atoms with Gasteiger partial charge in [0, 0.05) is 13.1 Å². The molecule has 1 fully saturated rings. The van der Waals surface area contributed by atoms with Crippen LogP contribution in [0, 0.1) is 13.8 Å². The van der Waals surface area contributed by atoms with Gasteiger partial charge < -0.3 is 14.7 Å². The quantitative estimate of drug-likeness (QED) is 0.899. The molecule has 1 saturated heterocycles. The second kappa shape index (κ2) is 6.06. The number of aliphatic hydroxyl groups is 1. The lowest BCUT2D eigenvalue weighted by molar-refractivity contribution is -0.131. The number of aliphatic hydroxyl groups excluding tert-OH is 1. The van der Waals surface area contributed by atoms with Crippen LogP contribution in [-0.4, -0.2) is 41.7 Å². The van der Waals surface area contributed by atoms with E-state index in [0.29, 0.717) is 32.5 Å². The van der Waals surface area contributed by atoms with Gasteiger partial charge in [0.1, 0.15) is 5.75 Å². The Morgan fingerprint density at radius 3 is 2.84 bits per heavy atom. The number of amides is 1. The zero-order valence-corrected chi connectivity index (χ0v) is 11.6. The lowest BCUT2D eigenvalue weighted by Gasteiger charge is -2.15. The average molecular weight is 263 g/mol. The number of carbonyl (C=O) groups excluding carboxylic acids is 1. The Hall–Kier alpha value is -1.55. The summed E-state index contributed by atoms with van der Waals surface area (Å²) in [4.78, 5) is 13.5. The summed E-state index contributed by atoms with van der Waals surface area (Å²) in [5.41, 5.74) is 2.42. The highest BCUT2D eigenvalue weighted by atomic mass is 16.5. The summed E-state index contributed by atoms with van der Waals surface area (Å²) in [6.07, 6.45) is 0.688. The number of ether oxygens (including phenoxy) is 1. The Morgan fingerprint density at radius 2 is 2.21 bits per heavy atom. The Bertz CT molecular complexity index is 459. The van der Waals surface area contributed by atoms with Crippen molar-refractivity contribution in [2.75, 3.05) is 19.7 Å². The van der Waals surface area contributed by atoms with Crippen LogP contribution in [0.25, 0.3) is 0 Å². The van der Waals surface area contributed by atoms with Gasteiger partial charge in [-0.1, -0.05) is 6.07 Å². The molecule has 1 amide bonds. The van der Waals surface area contributed by atoms with Crippen molar-refractivity contribution in [2.45, 2.75) is 32.8 Å². The molecule has 1 aliphatic rings. The summed E-state index contributed by atoms with van der Waals surface area (Å²) in [5, 5.41) is 9.38. The first-order valence-corrected chi connectivity index (χ1v) is 6.72. The molecule has 1 aromatic rings. The van der Waals surface area contributed by atoms with Gasteiger partial charge in [0.2, 0.25) is 5.91 Å². The van der Waals surface area contributed by atoms with Crippen LogP contribution in [-0.2, 0) is 4.79 Å². The molecule has 4 nitrogen and oxygen atoms in total. The van der Waals surface area contributed by atoms with Crippen LogP contribution in [0.4, 0.5) is 0 Å². The van der Waals surface area contributed by atoms with E-state index in [9.17, 15) is 9.90 Å². The summed E-state index contributed by atoms with van der Waals surface area (Å²) < 4.78 is 5.59. The molecule has 1 aliphatic heterocycles. The maximum Gasteiger partial charge on any atom is 0.226 e. The highest BCUT2D eigenvalue weighted by molar-refractivity contribution is 5.76. The van der Waals surface area contributed by atoms with Gasteiger partial charge >= 0.3 is 0 Å². The monoisotopic (exact) mass is 263 g/mol. The molecule has 0 unspecified atom stereocenters. The van der Waals surface area contributed by atoms with Gasteiger partial charge in [-0.2, -0.15) is 0 Å². The normalized spacial score (nSPS) is 18.7. The first-order valence-electron chi connectivity index (χ1n) is 6.72. The molecule has 0 aromatic heterocycles. The third-order valence-electron chi connectivity index (χ3n) is 3.58. The fourth-order valence-corrected chi connectivity index (χ4v) is 2.19. The first-order chi connectivity index (χ1) is 9.06. The molecule has 0 aliphatic carbocycles. The first kappa shape index (κ1) is 13.9. The molecule has 4 heteroatoms. The van der Waals surface area contributed by atoms with Crippen LogP contribution >= 0.6 is 0 Å². The summed E-state index contributed by atoms with van der Waals surface area (Å²) in [6.45, 7) is 5.60. The molecule has 0 radical (unpaired) electrons. The number of likely N-dealkylation sites (tertiary alicyclic amines) is 1. The molecular weight excluding hydrogens is 242 g/mol. The molecule has 1 aromatic carbocycles. The number of hydrogen-bond acceptors (Lipinski definition) is 3. The Labute approximate surface area is 114 Å². The maximum absolute atomic E-state index is 11.8. The lowest BCUT2D eigenvalue weighted by atomic mass is 10.1. The molecule has 1 atom stereocenters. The number of aryl methyl sites for hydroxylation is 2. The SMILES string of the molecule is Cc1ccc(OCCC(=O)N2CC[C@H](O)C2)cc1C. The second-order valence-corrected chi connectivity index (χ2v) is 5.13. The van der Waals surface area contributed by atoms with Gasteiger partial charge in [0.25, 0.3) is 0 Å². The number of β-amino-alcohol motifs (C(OH)–C–C–N with tert-alkyl or cyclic N) is 1. The third-order valence-corrected chi connectivity index (χ3v) is 3.58. The molecule has 0 spiro atoms. The van der Waals surface area contributed by atoms with E-state index >= 15 is 0 Å². The summed E-state index contributed by atoms with van der Waals surface area (Å²) in [5.74, 6) is 0.859. The van der Waals surface area contributed by atoms with E-state index < -0.39 is 0 Å². The van der Waals surface area contributed by atoms with Gasteiger partial charge in [-0.25, -0.2) is 0 Å². The van der Waals surface area contributed by atoms with Crippen LogP contribution < -0.4 is 4.74 Å². The van der Waals surface area contributed by atoms with Gasteiger partial charge in [-0.05, 0) is 43.5 Å². The Morgan fingerprint density at radius 1 is 1.42 bits per heavy atom. The van der Waals surface area contributed by atoms with Crippen LogP contribution in [0.5, 0.6) is 5.75 Å². The van der Waals surface area contributed by atoms with E-state index in [1.807, 2.05) is 25.1 Å². The van der Waals surface area contributed by atoms with Gasteiger partial charge in [0.15, 0.2) is 0 Å². The van der Waals surface area contributed by atoms with E-state index in [0.717, 1.165) is 5.75 Å². The largest absolute Gasteiger partial charge is 0.493 e. The third kappa shape index (κ3) is 3.70. The van der Waals surface area contributed by atoms with Crippen molar-refractivity contribution < 1.29 is 14.6 Å². The number of carbonyl (C=O) groups is 1. The van der Waals surface area contributed by atoms with Gasteiger partial charge in [-0.15, -0.1) is 0 Å². The number of rotatable bonds is 4. The molecule has 1 heterocycles. The zero-order chi connectivity index (χ0) is 13.8. The minimum absolute atomic E-state index is 0.0559. The fourth-order valence-electron chi connectivity index (χ4n) is 2.19. The molecule has 0 saturated carbocycles. The highest BCUT2D eigenvalue weighted by Crippen LogP contribution is 2.17. The van der Waals surface area contributed by atoms with Crippen molar-refractivity contribution >= 4 is 5.91 Å². The summed E-state index contributed by atoms with van der Waals surface area (Å²) in [6, 6.07) is 5.93. The summed E-state index contributed by atoms with van der Waals surface area (Å²) >= 11 is 0. The minimum Gasteiger partial charge on any atom is -0.493 e. The van der Waals surface area contributed by atoms with Gasteiger partial charge in [-0.3, -0.25) is 4.79 Å². The van der Waals surface area contributed by atoms with Gasteiger partial charge in [0.05, 0.1) is 19.1 Å². The van der Waals surface area contributed by atoms with E-state index in [4.69, 9.17) is 4.74 Å². The molecule has 19 heavy (non-hydrogen) atoms. The second-order valence-electron chi connectivity index (χ2n) is 5.13. The standard InChI is InChI=1S/C15H21NO3/c1-11-3-4-14(9-12(11)2)19-8-6-15(18)16-7-5-13(17)10-16/h3-4,9,13,17H,5-8,10H2,1-2H3/t13-/m0/s1. The lowest BCUT2D eigenvalue weighted by Crippen LogP contribution is -2.30. The van der Waals surface area contributed by atoms with Crippen molar-refractivity contribution in [3.8, 4) is 5.75 Å². The van der Waals surface area contributed by atoms with Crippen molar-refractivity contribution in [3.63, 3.8) is 0 Å².